The van der Waals surface area contributed by atoms with Crippen LogP contribution in [0, 0.1) is 0 Å². The summed E-state index contributed by atoms with van der Waals surface area (Å²) in [7, 11) is 0. The number of hydrogen-bond donors (Lipinski definition) is 1. The molecule has 80 valence electrons. The van der Waals surface area contributed by atoms with E-state index >= 15 is 0 Å². The van der Waals surface area contributed by atoms with E-state index in [1.54, 1.807) is 6.92 Å². The van der Waals surface area contributed by atoms with Crippen LogP contribution in [0.1, 0.15) is 32.6 Å². The van der Waals surface area contributed by atoms with Crippen LogP contribution in [0.2, 0.25) is 0 Å². The summed E-state index contributed by atoms with van der Waals surface area (Å²) in [5, 5.41) is 2.82. The molecular weight excluding hydrogens is 178 g/mol. The molecule has 0 aromatic carbocycles. The van der Waals surface area contributed by atoms with Crippen molar-refractivity contribution in [2.45, 2.75) is 38.7 Å². The molecule has 0 aromatic heterocycles. The molecule has 1 aliphatic rings. The lowest BCUT2D eigenvalue weighted by molar-refractivity contribution is -0.117. The summed E-state index contributed by atoms with van der Waals surface area (Å²) >= 11 is 0. The average molecular weight is 197 g/mol. The molecule has 0 aliphatic carbocycles. The Balaban J connectivity index is 1.83. The van der Waals surface area contributed by atoms with E-state index < -0.39 is 0 Å². The molecule has 1 fully saturated rings. The summed E-state index contributed by atoms with van der Waals surface area (Å²) in [6, 6.07) is 0. The van der Waals surface area contributed by atoms with Crippen LogP contribution in [0.25, 0.3) is 0 Å². The fourth-order valence-electron chi connectivity index (χ4n) is 1.26. The fourth-order valence-corrected chi connectivity index (χ4v) is 1.26. The van der Waals surface area contributed by atoms with Crippen molar-refractivity contribution >= 4 is 5.91 Å². The monoisotopic (exact) mass is 197 g/mol. The Hall–Kier alpha value is -0.830. The number of amides is 1. The van der Waals surface area contributed by atoms with E-state index in [0.29, 0.717) is 11.7 Å². The first kappa shape index (κ1) is 11.2. The van der Waals surface area contributed by atoms with Gasteiger partial charge in [0, 0.05) is 12.1 Å². The highest BCUT2D eigenvalue weighted by atomic mass is 16.6. The molecule has 0 saturated carbocycles. The third kappa shape index (κ3) is 5.02. The molecule has 3 nitrogen and oxygen atoms in total. The van der Waals surface area contributed by atoms with Crippen molar-refractivity contribution in [3.8, 4) is 0 Å². The molecule has 1 amide bonds. The molecule has 1 saturated heterocycles. The van der Waals surface area contributed by atoms with Crippen molar-refractivity contribution in [2.75, 3.05) is 13.2 Å². The summed E-state index contributed by atoms with van der Waals surface area (Å²) in [5.74, 6) is -0.0319. The summed E-state index contributed by atoms with van der Waals surface area (Å²) < 4.78 is 5.10. The smallest absolute Gasteiger partial charge is 0.246 e. The number of unbranched alkanes of at least 4 members (excludes halogenated alkanes) is 2. The Morgan fingerprint density at radius 1 is 1.50 bits per heavy atom. The van der Waals surface area contributed by atoms with Crippen LogP contribution in [0.15, 0.2) is 12.2 Å². The van der Waals surface area contributed by atoms with Crippen LogP contribution in [0.3, 0.4) is 0 Å². The molecule has 1 unspecified atom stereocenters. The van der Waals surface area contributed by atoms with Gasteiger partial charge >= 0.3 is 0 Å². The maximum Gasteiger partial charge on any atom is 0.246 e. The molecule has 1 N–H and O–H groups in total. The predicted octanol–water partition coefficient (Wildman–Crippen LogP) is 1.64. The molecule has 1 atom stereocenters. The van der Waals surface area contributed by atoms with Gasteiger partial charge in [-0.3, -0.25) is 4.79 Å². The summed E-state index contributed by atoms with van der Waals surface area (Å²) in [5.41, 5.74) is 0.580. The van der Waals surface area contributed by atoms with Gasteiger partial charge in [0.15, 0.2) is 0 Å². The second kappa shape index (κ2) is 5.81. The second-order valence-corrected chi connectivity index (χ2v) is 3.84. The average Bonchev–Trinajstić information content (AvgIpc) is 2.94. The van der Waals surface area contributed by atoms with Crippen molar-refractivity contribution in [2.24, 2.45) is 0 Å². The SMILES string of the molecule is C=C(C)C(=O)NCCCCCC1CO1. The lowest BCUT2D eigenvalue weighted by atomic mass is 10.1. The van der Waals surface area contributed by atoms with Gasteiger partial charge in [0.1, 0.15) is 0 Å². The lowest BCUT2D eigenvalue weighted by Crippen LogP contribution is -2.24. The first-order chi connectivity index (χ1) is 6.70. The second-order valence-electron chi connectivity index (χ2n) is 3.84. The van der Waals surface area contributed by atoms with Crippen molar-refractivity contribution in [1.29, 1.82) is 0 Å². The number of carbonyl (C=O) groups excluding carboxylic acids is 1. The van der Waals surface area contributed by atoms with Gasteiger partial charge in [-0.05, 0) is 19.8 Å². The predicted molar refractivity (Wildman–Crippen MR) is 56.0 cm³/mol. The largest absolute Gasteiger partial charge is 0.373 e. The summed E-state index contributed by atoms with van der Waals surface area (Å²) in [4.78, 5) is 11.1. The van der Waals surface area contributed by atoms with Gasteiger partial charge in [0.05, 0.1) is 12.7 Å². The Bertz CT molecular complexity index is 209. The molecule has 0 aromatic rings. The van der Waals surface area contributed by atoms with Crippen molar-refractivity contribution in [1.82, 2.24) is 5.32 Å². The van der Waals surface area contributed by atoms with E-state index in [0.717, 1.165) is 26.0 Å². The number of rotatable bonds is 7. The molecule has 1 rings (SSSR count). The zero-order chi connectivity index (χ0) is 10.4. The topological polar surface area (TPSA) is 41.6 Å². The first-order valence-corrected chi connectivity index (χ1v) is 5.25. The maximum absolute atomic E-state index is 11.1. The van der Waals surface area contributed by atoms with Crippen LogP contribution >= 0.6 is 0 Å². The Kier molecular flexibility index (Phi) is 4.66. The van der Waals surface area contributed by atoms with E-state index in [2.05, 4.69) is 11.9 Å². The van der Waals surface area contributed by atoms with Crippen LogP contribution in [0.4, 0.5) is 0 Å². The van der Waals surface area contributed by atoms with Gasteiger partial charge < -0.3 is 10.1 Å². The fraction of sp³-hybridized carbons (Fsp3) is 0.727. The Morgan fingerprint density at radius 2 is 2.21 bits per heavy atom. The van der Waals surface area contributed by atoms with Gasteiger partial charge in [0.2, 0.25) is 5.91 Å². The summed E-state index contributed by atoms with van der Waals surface area (Å²) in [6.45, 7) is 7.01. The molecule has 0 bridgehead atoms. The van der Waals surface area contributed by atoms with Gasteiger partial charge in [-0.1, -0.05) is 19.4 Å². The minimum Gasteiger partial charge on any atom is -0.373 e. The van der Waals surface area contributed by atoms with Gasteiger partial charge in [-0.2, -0.15) is 0 Å². The molecular formula is C11H19NO2. The normalized spacial score (nSPS) is 19.1. The number of carbonyl (C=O) groups is 1. The summed E-state index contributed by atoms with van der Waals surface area (Å²) in [6.07, 6.45) is 5.13. The zero-order valence-electron chi connectivity index (χ0n) is 8.84. The van der Waals surface area contributed by atoms with Crippen molar-refractivity contribution in [3.05, 3.63) is 12.2 Å². The van der Waals surface area contributed by atoms with Crippen LogP contribution < -0.4 is 5.32 Å². The Morgan fingerprint density at radius 3 is 2.79 bits per heavy atom. The van der Waals surface area contributed by atoms with Crippen LogP contribution in [0.5, 0.6) is 0 Å². The van der Waals surface area contributed by atoms with Gasteiger partial charge in [-0.25, -0.2) is 0 Å². The maximum atomic E-state index is 11.1. The number of epoxide rings is 1. The first-order valence-electron chi connectivity index (χ1n) is 5.25. The molecule has 1 heterocycles. The van der Waals surface area contributed by atoms with Crippen LogP contribution in [-0.2, 0) is 9.53 Å². The highest BCUT2D eigenvalue weighted by molar-refractivity contribution is 5.91. The highest BCUT2D eigenvalue weighted by Crippen LogP contribution is 2.16. The van der Waals surface area contributed by atoms with E-state index in [9.17, 15) is 4.79 Å². The zero-order valence-corrected chi connectivity index (χ0v) is 8.84. The standard InChI is InChI=1S/C11H19NO2/c1-9(2)11(13)12-7-5-3-4-6-10-8-14-10/h10H,1,3-8H2,2H3,(H,12,13). The van der Waals surface area contributed by atoms with E-state index in [1.807, 2.05) is 0 Å². The Labute approximate surface area is 85.5 Å². The highest BCUT2D eigenvalue weighted by Gasteiger charge is 2.20. The molecule has 14 heavy (non-hydrogen) atoms. The van der Waals surface area contributed by atoms with E-state index in [-0.39, 0.29) is 5.91 Å². The van der Waals surface area contributed by atoms with Gasteiger partial charge in [-0.15, -0.1) is 0 Å². The number of nitrogens with one attached hydrogen (secondary N) is 1. The molecule has 1 aliphatic heterocycles. The number of hydrogen-bond acceptors (Lipinski definition) is 2. The quantitative estimate of drug-likeness (QED) is 0.383. The van der Waals surface area contributed by atoms with Gasteiger partial charge in [0.25, 0.3) is 0 Å². The minimum atomic E-state index is -0.0319. The minimum absolute atomic E-state index is 0.0319. The molecule has 3 heteroatoms. The van der Waals surface area contributed by atoms with Crippen LogP contribution in [-0.4, -0.2) is 25.2 Å². The third-order valence-corrected chi connectivity index (χ3v) is 2.28. The molecule has 0 radical (unpaired) electrons. The number of ether oxygens (including phenoxy) is 1. The third-order valence-electron chi connectivity index (χ3n) is 2.28. The lowest BCUT2D eigenvalue weighted by Gasteiger charge is -2.03. The van der Waals surface area contributed by atoms with Crippen molar-refractivity contribution < 1.29 is 9.53 Å². The van der Waals surface area contributed by atoms with E-state index in [4.69, 9.17) is 4.74 Å². The molecule has 0 spiro atoms. The van der Waals surface area contributed by atoms with Crippen molar-refractivity contribution in [3.63, 3.8) is 0 Å². The van der Waals surface area contributed by atoms with E-state index in [1.165, 1.54) is 12.8 Å².